The smallest absolute Gasteiger partial charge is 0.0459 e. The van der Waals surface area contributed by atoms with Crippen LogP contribution in [0.25, 0.3) is 0 Å². The van der Waals surface area contributed by atoms with Gasteiger partial charge in [-0.1, -0.05) is 104 Å². The van der Waals surface area contributed by atoms with Crippen LogP contribution in [0.3, 0.4) is 0 Å². The Morgan fingerprint density at radius 2 is 1.00 bits per heavy atom. The van der Waals surface area contributed by atoms with Gasteiger partial charge in [0.2, 0.25) is 0 Å². The van der Waals surface area contributed by atoms with Crippen LogP contribution in [0.15, 0.2) is 0 Å². The molecular weight excluding hydrogens is 244 g/mol. The monoisotopic (exact) mass is 284 g/mol. The lowest BCUT2D eigenvalue weighted by molar-refractivity contribution is 0.211. The van der Waals surface area contributed by atoms with E-state index in [0.29, 0.717) is 12.5 Å². The zero-order valence-electron chi connectivity index (χ0n) is 14.3. The summed E-state index contributed by atoms with van der Waals surface area (Å²) in [5.41, 5.74) is 0. The van der Waals surface area contributed by atoms with Crippen molar-refractivity contribution in [2.75, 3.05) is 6.61 Å². The minimum Gasteiger partial charge on any atom is -0.396 e. The molecule has 0 saturated carbocycles. The normalized spacial score (nSPS) is 12.8. The predicted molar refractivity (Wildman–Crippen MR) is 91.2 cm³/mol. The van der Waals surface area contributed by atoms with Gasteiger partial charge < -0.3 is 5.11 Å². The molecule has 122 valence electrons. The molecule has 0 aromatic heterocycles. The lowest BCUT2D eigenvalue weighted by Crippen LogP contribution is -2.03. The molecule has 0 bridgehead atoms. The van der Waals surface area contributed by atoms with Gasteiger partial charge in [0.25, 0.3) is 0 Å². The first kappa shape index (κ1) is 20.0. The molecule has 1 atom stereocenters. The lowest BCUT2D eigenvalue weighted by atomic mass is 9.98. The number of hydrogen-bond acceptors (Lipinski definition) is 1. The lowest BCUT2D eigenvalue weighted by Gasteiger charge is -2.10. The minimum absolute atomic E-state index is 0.384. The molecule has 0 fully saturated rings. The van der Waals surface area contributed by atoms with E-state index in [9.17, 15) is 0 Å². The van der Waals surface area contributed by atoms with Crippen molar-refractivity contribution in [1.29, 1.82) is 0 Å². The second-order valence-corrected chi connectivity index (χ2v) is 6.49. The third kappa shape index (κ3) is 14.4. The Kier molecular flexibility index (Phi) is 17.0. The third-order valence-corrected chi connectivity index (χ3v) is 4.55. The fourth-order valence-electron chi connectivity index (χ4n) is 2.88. The maximum absolute atomic E-state index is 9.12. The Hall–Kier alpha value is -0.0400. The number of hydrogen-bond donors (Lipinski definition) is 1. The van der Waals surface area contributed by atoms with Crippen LogP contribution in [-0.4, -0.2) is 11.7 Å². The summed E-state index contributed by atoms with van der Waals surface area (Å²) in [4.78, 5) is 0. The number of rotatable bonds is 16. The Bertz CT molecular complexity index is 163. The van der Waals surface area contributed by atoms with Crippen molar-refractivity contribution in [2.45, 2.75) is 110 Å². The van der Waals surface area contributed by atoms with Gasteiger partial charge in [-0.3, -0.25) is 0 Å². The summed E-state index contributed by atoms with van der Waals surface area (Å²) in [5, 5.41) is 9.12. The van der Waals surface area contributed by atoms with E-state index < -0.39 is 0 Å². The molecule has 0 heterocycles. The molecule has 20 heavy (non-hydrogen) atoms. The molecule has 0 rings (SSSR count). The van der Waals surface area contributed by atoms with Gasteiger partial charge in [0.15, 0.2) is 0 Å². The fourth-order valence-corrected chi connectivity index (χ4v) is 2.88. The van der Waals surface area contributed by atoms with E-state index in [1.807, 2.05) is 0 Å². The van der Waals surface area contributed by atoms with Gasteiger partial charge in [-0.25, -0.2) is 0 Å². The molecule has 0 aliphatic heterocycles. The van der Waals surface area contributed by atoms with Crippen molar-refractivity contribution in [3.8, 4) is 0 Å². The van der Waals surface area contributed by atoms with E-state index in [4.69, 9.17) is 5.11 Å². The van der Waals surface area contributed by atoms with E-state index in [0.717, 1.165) is 6.42 Å². The van der Waals surface area contributed by atoms with E-state index in [1.54, 1.807) is 0 Å². The summed E-state index contributed by atoms with van der Waals surface area (Å²) in [7, 11) is 0. The van der Waals surface area contributed by atoms with Crippen LogP contribution in [0.5, 0.6) is 0 Å². The average Bonchev–Trinajstić information content (AvgIpc) is 2.48. The zero-order valence-corrected chi connectivity index (χ0v) is 14.3. The first-order valence-corrected chi connectivity index (χ1v) is 9.46. The van der Waals surface area contributed by atoms with E-state index >= 15 is 0 Å². The van der Waals surface area contributed by atoms with E-state index in [1.165, 1.54) is 89.9 Å². The van der Waals surface area contributed by atoms with Crippen LogP contribution in [0.2, 0.25) is 0 Å². The molecule has 0 aliphatic rings. The summed E-state index contributed by atoms with van der Waals surface area (Å²) in [6, 6.07) is 0. The van der Waals surface area contributed by atoms with Gasteiger partial charge in [-0.2, -0.15) is 0 Å². The first-order chi connectivity index (χ1) is 9.85. The highest BCUT2D eigenvalue weighted by atomic mass is 16.3. The Balaban J connectivity index is 3.02. The van der Waals surface area contributed by atoms with Crippen LogP contribution in [0, 0.1) is 5.92 Å². The summed E-state index contributed by atoms with van der Waals surface area (Å²) < 4.78 is 0. The Labute approximate surface area is 128 Å². The molecule has 0 spiro atoms. The van der Waals surface area contributed by atoms with Crippen LogP contribution < -0.4 is 0 Å². The van der Waals surface area contributed by atoms with Crippen molar-refractivity contribution < 1.29 is 5.11 Å². The van der Waals surface area contributed by atoms with Gasteiger partial charge in [0.1, 0.15) is 0 Å². The SMILES string of the molecule is CCCCCCCCCCCCCCCC(CC)CO. The molecule has 0 aromatic carbocycles. The van der Waals surface area contributed by atoms with Gasteiger partial charge in [0, 0.05) is 6.61 Å². The van der Waals surface area contributed by atoms with Crippen LogP contribution in [0.1, 0.15) is 110 Å². The van der Waals surface area contributed by atoms with Crippen molar-refractivity contribution in [3.05, 3.63) is 0 Å². The number of aliphatic hydroxyl groups is 1. The highest BCUT2D eigenvalue weighted by Gasteiger charge is 2.03. The second-order valence-electron chi connectivity index (χ2n) is 6.49. The molecule has 1 unspecified atom stereocenters. The predicted octanol–water partition coefficient (Wildman–Crippen LogP) is 6.49. The summed E-state index contributed by atoms with van der Waals surface area (Å²) in [5.74, 6) is 0.558. The van der Waals surface area contributed by atoms with E-state index in [-0.39, 0.29) is 0 Å². The molecular formula is C19H40O. The first-order valence-electron chi connectivity index (χ1n) is 9.46. The molecule has 1 heteroatoms. The van der Waals surface area contributed by atoms with Crippen molar-refractivity contribution >= 4 is 0 Å². The highest BCUT2D eigenvalue weighted by Crippen LogP contribution is 2.15. The van der Waals surface area contributed by atoms with Crippen LogP contribution in [-0.2, 0) is 0 Å². The van der Waals surface area contributed by atoms with Gasteiger partial charge in [-0.05, 0) is 12.3 Å². The standard InChI is InChI=1S/C19H40O/c1-3-5-6-7-8-9-10-11-12-13-14-15-16-17-19(4-2)18-20/h19-20H,3-18H2,1-2H3. The van der Waals surface area contributed by atoms with Crippen LogP contribution in [0.4, 0.5) is 0 Å². The molecule has 0 saturated heterocycles. The quantitative estimate of drug-likeness (QED) is 0.321. The molecule has 0 aromatic rings. The molecule has 0 aliphatic carbocycles. The van der Waals surface area contributed by atoms with Crippen molar-refractivity contribution in [3.63, 3.8) is 0 Å². The molecule has 1 N–H and O–H groups in total. The largest absolute Gasteiger partial charge is 0.396 e. The molecule has 1 nitrogen and oxygen atoms in total. The van der Waals surface area contributed by atoms with Gasteiger partial charge in [-0.15, -0.1) is 0 Å². The topological polar surface area (TPSA) is 20.2 Å². The molecule has 0 amide bonds. The fraction of sp³-hybridized carbons (Fsp3) is 1.00. The maximum atomic E-state index is 9.12. The number of unbranched alkanes of at least 4 members (excludes halogenated alkanes) is 12. The Morgan fingerprint density at radius 1 is 0.600 bits per heavy atom. The van der Waals surface area contributed by atoms with Crippen LogP contribution >= 0.6 is 0 Å². The van der Waals surface area contributed by atoms with Gasteiger partial charge >= 0.3 is 0 Å². The summed E-state index contributed by atoms with van der Waals surface area (Å²) in [6.07, 6.45) is 20.8. The highest BCUT2D eigenvalue weighted by molar-refractivity contribution is 4.56. The maximum Gasteiger partial charge on any atom is 0.0459 e. The molecule has 0 radical (unpaired) electrons. The summed E-state index contributed by atoms with van der Waals surface area (Å²) in [6.45, 7) is 4.85. The second kappa shape index (κ2) is 17.0. The average molecular weight is 285 g/mol. The van der Waals surface area contributed by atoms with Crippen molar-refractivity contribution in [1.82, 2.24) is 0 Å². The summed E-state index contributed by atoms with van der Waals surface area (Å²) >= 11 is 0. The Morgan fingerprint density at radius 3 is 1.35 bits per heavy atom. The van der Waals surface area contributed by atoms with Gasteiger partial charge in [0.05, 0.1) is 0 Å². The zero-order chi connectivity index (χ0) is 14.9. The van der Waals surface area contributed by atoms with E-state index in [2.05, 4.69) is 13.8 Å². The third-order valence-electron chi connectivity index (χ3n) is 4.55. The van der Waals surface area contributed by atoms with Crippen molar-refractivity contribution in [2.24, 2.45) is 5.92 Å². The number of aliphatic hydroxyl groups excluding tert-OH is 1. The minimum atomic E-state index is 0.384.